The summed E-state index contributed by atoms with van der Waals surface area (Å²) in [5.74, 6) is 0. The van der Waals surface area contributed by atoms with Gasteiger partial charge in [0.15, 0.2) is 0 Å². The molecule has 1 aliphatic heterocycles. The van der Waals surface area contributed by atoms with Gasteiger partial charge in [0.25, 0.3) is 0 Å². The minimum atomic E-state index is -0.505. The van der Waals surface area contributed by atoms with Gasteiger partial charge in [0, 0.05) is 0 Å². The number of rotatable bonds is 2. The lowest BCUT2D eigenvalue weighted by molar-refractivity contribution is -0.0320. The maximum atomic E-state index is 6.18. The zero-order chi connectivity index (χ0) is 14.2. The fraction of sp³-hybridized carbons (Fsp3) is 0.294. The number of hydrogen-bond donors (Lipinski definition) is 0. The molecule has 1 fully saturated rings. The molecule has 2 aromatic rings. The normalized spacial score (nSPS) is 29.6. The van der Waals surface area contributed by atoms with Gasteiger partial charge in [-0.2, -0.15) is 0 Å². The van der Waals surface area contributed by atoms with E-state index in [2.05, 4.69) is 38.1 Å². The van der Waals surface area contributed by atoms with Crippen molar-refractivity contribution in [2.45, 2.75) is 31.9 Å². The minimum absolute atomic E-state index is 0.231. The highest BCUT2D eigenvalue weighted by molar-refractivity contribution is 6.43. The maximum Gasteiger partial charge on any atom is 0.455 e. The molecule has 3 heteroatoms. The van der Waals surface area contributed by atoms with Gasteiger partial charge in [0.1, 0.15) is 11.2 Å². The van der Waals surface area contributed by atoms with Crippen LogP contribution in [0.4, 0.5) is 0 Å². The molecule has 20 heavy (non-hydrogen) atoms. The van der Waals surface area contributed by atoms with Gasteiger partial charge in [-0.15, -0.1) is 0 Å². The molecule has 1 heterocycles. The van der Waals surface area contributed by atoms with Crippen LogP contribution in [-0.2, 0) is 20.5 Å². The van der Waals surface area contributed by atoms with E-state index in [1.807, 2.05) is 43.2 Å². The Bertz CT molecular complexity index is 533. The maximum absolute atomic E-state index is 6.18. The standard InChI is InChI=1S/C17H19BO2/c1-16(14-10-6-4-7-11-14)17(2,20-18(3)19-16)15-12-8-5-9-13-15/h4-13H,1-3H3. The lowest BCUT2D eigenvalue weighted by Crippen LogP contribution is -2.42. The minimum Gasteiger partial charge on any atom is -0.399 e. The molecule has 2 atom stereocenters. The Kier molecular flexibility index (Phi) is 3.19. The molecule has 2 unspecified atom stereocenters. The average Bonchev–Trinajstić information content (AvgIpc) is 2.72. The molecule has 0 N–H and O–H groups in total. The second-order valence-electron chi connectivity index (χ2n) is 5.60. The van der Waals surface area contributed by atoms with E-state index >= 15 is 0 Å². The van der Waals surface area contributed by atoms with Crippen molar-refractivity contribution in [1.29, 1.82) is 0 Å². The predicted molar refractivity (Wildman–Crippen MR) is 81.4 cm³/mol. The van der Waals surface area contributed by atoms with E-state index in [0.29, 0.717) is 0 Å². The van der Waals surface area contributed by atoms with Crippen LogP contribution in [0.5, 0.6) is 0 Å². The average molecular weight is 266 g/mol. The van der Waals surface area contributed by atoms with Gasteiger partial charge < -0.3 is 9.31 Å². The van der Waals surface area contributed by atoms with Crippen molar-refractivity contribution in [3.8, 4) is 0 Å². The number of hydrogen-bond acceptors (Lipinski definition) is 2. The summed E-state index contributed by atoms with van der Waals surface area (Å²) in [7, 11) is -0.231. The smallest absolute Gasteiger partial charge is 0.399 e. The largest absolute Gasteiger partial charge is 0.455 e. The number of benzene rings is 2. The van der Waals surface area contributed by atoms with E-state index in [0.717, 1.165) is 11.1 Å². The zero-order valence-electron chi connectivity index (χ0n) is 12.2. The van der Waals surface area contributed by atoms with Gasteiger partial charge in [0.05, 0.1) is 0 Å². The van der Waals surface area contributed by atoms with Crippen molar-refractivity contribution >= 4 is 7.12 Å². The summed E-state index contributed by atoms with van der Waals surface area (Å²) in [5, 5.41) is 0. The summed E-state index contributed by atoms with van der Waals surface area (Å²) >= 11 is 0. The summed E-state index contributed by atoms with van der Waals surface area (Å²) < 4.78 is 12.4. The Morgan fingerprint density at radius 3 is 1.40 bits per heavy atom. The molecule has 0 radical (unpaired) electrons. The van der Waals surface area contributed by atoms with E-state index < -0.39 is 11.2 Å². The first-order valence-corrected chi connectivity index (χ1v) is 7.03. The molecule has 1 saturated heterocycles. The molecule has 0 aliphatic carbocycles. The van der Waals surface area contributed by atoms with Crippen LogP contribution in [0.25, 0.3) is 0 Å². The molecule has 3 rings (SSSR count). The molecular weight excluding hydrogens is 247 g/mol. The second kappa shape index (κ2) is 4.76. The van der Waals surface area contributed by atoms with Gasteiger partial charge in [0.2, 0.25) is 0 Å². The summed E-state index contributed by atoms with van der Waals surface area (Å²) in [6.45, 7) is 6.17. The third-order valence-corrected chi connectivity index (χ3v) is 4.36. The van der Waals surface area contributed by atoms with Crippen molar-refractivity contribution in [3.05, 3.63) is 71.8 Å². The fourth-order valence-electron chi connectivity index (χ4n) is 3.11. The Labute approximate surface area is 120 Å². The Morgan fingerprint density at radius 1 is 0.700 bits per heavy atom. The highest BCUT2D eigenvalue weighted by atomic mass is 16.7. The van der Waals surface area contributed by atoms with Crippen molar-refractivity contribution in [2.24, 2.45) is 0 Å². The van der Waals surface area contributed by atoms with Crippen molar-refractivity contribution in [2.75, 3.05) is 0 Å². The molecular formula is C17H19BO2. The van der Waals surface area contributed by atoms with Crippen LogP contribution in [0.15, 0.2) is 60.7 Å². The van der Waals surface area contributed by atoms with E-state index in [4.69, 9.17) is 9.31 Å². The van der Waals surface area contributed by atoms with Crippen LogP contribution < -0.4 is 0 Å². The van der Waals surface area contributed by atoms with E-state index in [9.17, 15) is 0 Å². The summed E-state index contributed by atoms with van der Waals surface area (Å²) in [6.07, 6.45) is 0. The summed E-state index contributed by atoms with van der Waals surface area (Å²) in [6, 6.07) is 20.6. The topological polar surface area (TPSA) is 18.5 Å². The molecule has 2 nitrogen and oxygen atoms in total. The van der Waals surface area contributed by atoms with Crippen LogP contribution >= 0.6 is 0 Å². The van der Waals surface area contributed by atoms with E-state index in [-0.39, 0.29) is 7.12 Å². The van der Waals surface area contributed by atoms with Gasteiger partial charge in [-0.25, -0.2) is 0 Å². The lowest BCUT2D eigenvalue weighted by Gasteiger charge is -2.40. The molecule has 0 aromatic heterocycles. The highest BCUT2D eigenvalue weighted by Crippen LogP contribution is 2.51. The molecule has 102 valence electrons. The van der Waals surface area contributed by atoms with Gasteiger partial charge in [-0.3, -0.25) is 0 Å². The van der Waals surface area contributed by atoms with Crippen LogP contribution in [0.3, 0.4) is 0 Å². The van der Waals surface area contributed by atoms with Crippen LogP contribution in [-0.4, -0.2) is 7.12 Å². The second-order valence-corrected chi connectivity index (χ2v) is 5.60. The van der Waals surface area contributed by atoms with Crippen LogP contribution in [0.1, 0.15) is 25.0 Å². The molecule has 1 aliphatic rings. The fourth-order valence-corrected chi connectivity index (χ4v) is 3.11. The van der Waals surface area contributed by atoms with Crippen LogP contribution in [0, 0.1) is 0 Å². The van der Waals surface area contributed by atoms with Crippen molar-refractivity contribution in [1.82, 2.24) is 0 Å². The third kappa shape index (κ3) is 1.89. The highest BCUT2D eigenvalue weighted by Gasteiger charge is 2.56. The van der Waals surface area contributed by atoms with Gasteiger partial charge in [-0.1, -0.05) is 60.7 Å². The van der Waals surface area contributed by atoms with E-state index in [1.165, 1.54) is 0 Å². The monoisotopic (exact) mass is 266 g/mol. The SMILES string of the molecule is CB1OC(C)(c2ccccc2)C(C)(c2ccccc2)O1. The lowest BCUT2D eigenvalue weighted by atomic mass is 9.76. The summed E-state index contributed by atoms with van der Waals surface area (Å²) in [4.78, 5) is 0. The first kappa shape index (κ1) is 13.4. The first-order chi connectivity index (χ1) is 9.56. The predicted octanol–water partition coefficient (Wildman–Crippen LogP) is 3.98. The van der Waals surface area contributed by atoms with E-state index in [1.54, 1.807) is 0 Å². The zero-order valence-corrected chi connectivity index (χ0v) is 12.2. The van der Waals surface area contributed by atoms with Crippen LogP contribution in [0.2, 0.25) is 6.82 Å². The quantitative estimate of drug-likeness (QED) is 0.765. The molecule has 0 bridgehead atoms. The molecule has 2 aromatic carbocycles. The Hall–Kier alpha value is -1.58. The van der Waals surface area contributed by atoms with Gasteiger partial charge >= 0.3 is 7.12 Å². The first-order valence-electron chi connectivity index (χ1n) is 7.03. The molecule has 0 saturated carbocycles. The van der Waals surface area contributed by atoms with Gasteiger partial charge in [-0.05, 0) is 31.8 Å². The molecule has 0 spiro atoms. The Balaban J connectivity index is 2.14. The van der Waals surface area contributed by atoms with Crippen molar-refractivity contribution in [3.63, 3.8) is 0 Å². The third-order valence-electron chi connectivity index (χ3n) is 4.36. The summed E-state index contributed by atoms with van der Waals surface area (Å²) in [5.41, 5.74) is 1.26. The molecule has 0 amide bonds. The van der Waals surface area contributed by atoms with Crippen molar-refractivity contribution < 1.29 is 9.31 Å². The Morgan fingerprint density at radius 2 is 1.05 bits per heavy atom.